The van der Waals surface area contributed by atoms with Gasteiger partial charge in [0.25, 0.3) is 0 Å². The van der Waals surface area contributed by atoms with Crippen LogP contribution in [0.2, 0.25) is 0 Å². The van der Waals surface area contributed by atoms with E-state index in [1.165, 1.54) is 69.1 Å². The number of nitrogens with one attached hydrogen (secondary N) is 1. The van der Waals surface area contributed by atoms with Crippen LogP contribution in [-0.2, 0) is 14.8 Å². The molecule has 210 valence electrons. The number of carboxylic acids is 2. The van der Waals surface area contributed by atoms with E-state index in [4.69, 9.17) is 10.2 Å². The smallest absolute Gasteiger partial charge is 0.335 e. The van der Waals surface area contributed by atoms with E-state index in [2.05, 4.69) is 11.6 Å². The van der Waals surface area contributed by atoms with Crippen LogP contribution in [0, 0.1) is 18.8 Å². The van der Waals surface area contributed by atoms with Crippen molar-refractivity contribution in [1.29, 1.82) is 0 Å². The van der Waals surface area contributed by atoms with Gasteiger partial charge in [-0.2, -0.15) is 4.72 Å². The number of benzene rings is 2. The summed E-state index contributed by atoms with van der Waals surface area (Å²) >= 11 is 0. The molecular weight excluding hydrogens is 502 g/mol. The number of sulfonamides is 1. The van der Waals surface area contributed by atoms with Gasteiger partial charge in [0.1, 0.15) is 6.04 Å². The molecule has 1 unspecified atom stereocenters. The lowest BCUT2D eigenvalue weighted by Gasteiger charge is -2.29. The first-order valence-electron chi connectivity index (χ1n) is 13.6. The summed E-state index contributed by atoms with van der Waals surface area (Å²) in [7, 11) is -3.80. The SMILES string of the molecule is CCCCCC1CCC(c2ccc(C(=O)O)cc2)CC1.Cc1ccc(S(=O)(=O)NC(C(=O)O)C(C)C)cc1. The van der Waals surface area contributed by atoms with Crippen LogP contribution in [0.1, 0.15) is 99.5 Å². The van der Waals surface area contributed by atoms with Crippen LogP contribution in [0.25, 0.3) is 0 Å². The fraction of sp³-hybridized carbons (Fsp3) is 0.533. The van der Waals surface area contributed by atoms with Gasteiger partial charge in [-0.05, 0) is 80.2 Å². The fourth-order valence-corrected chi connectivity index (χ4v) is 6.13. The summed E-state index contributed by atoms with van der Waals surface area (Å²) in [6, 6.07) is 12.6. The van der Waals surface area contributed by atoms with E-state index in [1.54, 1.807) is 38.1 Å². The molecule has 3 rings (SSSR count). The number of hydrogen-bond donors (Lipinski definition) is 3. The number of carbonyl (C=O) groups is 2. The van der Waals surface area contributed by atoms with E-state index in [9.17, 15) is 18.0 Å². The quantitative estimate of drug-likeness (QED) is 0.273. The minimum atomic E-state index is -3.80. The first-order chi connectivity index (χ1) is 17.9. The molecule has 2 aromatic rings. The predicted octanol–water partition coefficient (Wildman–Crippen LogP) is 6.62. The van der Waals surface area contributed by atoms with Crippen molar-refractivity contribution < 1.29 is 28.2 Å². The van der Waals surface area contributed by atoms with Gasteiger partial charge in [0.15, 0.2) is 0 Å². The molecule has 1 fully saturated rings. The van der Waals surface area contributed by atoms with Crippen molar-refractivity contribution in [1.82, 2.24) is 4.72 Å². The highest BCUT2D eigenvalue weighted by atomic mass is 32.2. The van der Waals surface area contributed by atoms with E-state index < -0.39 is 28.0 Å². The first-order valence-corrected chi connectivity index (χ1v) is 15.1. The summed E-state index contributed by atoms with van der Waals surface area (Å²) in [4.78, 5) is 21.9. The number of aryl methyl sites for hydroxylation is 1. The molecule has 7 nitrogen and oxygen atoms in total. The Morgan fingerprint density at radius 1 is 0.921 bits per heavy atom. The van der Waals surface area contributed by atoms with Crippen LogP contribution in [0.15, 0.2) is 53.4 Å². The number of hydrogen-bond acceptors (Lipinski definition) is 4. The molecule has 3 N–H and O–H groups in total. The van der Waals surface area contributed by atoms with Crippen LogP contribution in [0.3, 0.4) is 0 Å². The van der Waals surface area contributed by atoms with Crippen LogP contribution >= 0.6 is 0 Å². The van der Waals surface area contributed by atoms with Gasteiger partial charge >= 0.3 is 11.9 Å². The van der Waals surface area contributed by atoms with Crippen molar-refractivity contribution in [3.8, 4) is 0 Å². The van der Waals surface area contributed by atoms with Gasteiger partial charge in [-0.25, -0.2) is 13.2 Å². The van der Waals surface area contributed by atoms with E-state index in [0.29, 0.717) is 11.5 Å². The van der Waals surface area contributed by atoms with Gasteiger partial charge in [-0.1, -0.05) is 76.3 Å². The summed E-state index contributed by atoms with van der Waals surface area (Å²) in [5.41, 5.74) is 2.65. The van der Waals surface area contributed by atoms with Crippen LogP contribution < -0.4 is 4.72 Å². The Labute approximate surface area is 227 Å². The summed E-state index contributed by atoms with van der Waals surface area (Å²) in [6.45, 7) is 7.41. The average molecular weight is 546 g/mol. The molecule has 8 heteroatoms. The second-order valence-corrected chi connectivity index (χ2v) is 12.3. The van der Waals surface area contributed by atoms with Crippen molar-refractivity contribution in [2.75, 3.05) is 0 Å². The van der Waals surface area contributed by atoms with E-state index in [-0.39, 0.29) is 10.8 Å². The standard InChI is InChI=1S/C18H26O2.C12H17NO4S/c1-2-3-4-5-14-6-8-15(9-7-14)16-10-12-17(13-11-16)18(19)20;1-8(2)11(12(14)15)13-18(16,17)10-6-4-9(3)5-7-10/h10-15H,2-9H2,1H3,(H,19,20);4-8,11,13H,1-3H3,(H,14,15). The number of aliphatic carboxylic acids is 1. The third-order valence-corrected chi connectivity index (χ3v) is 8.69. The minimum Gasteiger partial charge on any atom is -0.480 e. The van der Waals surface area contributed by atoms with Crippen LogP contribution in [-0.4, -0.2) is 36.6 Å². The lowest BCUT2D eigenvalue weighted by Crippen LogP contribution is -2.44. The van der Waals surface area contributed by atoms with E-state index in [1.807, 2.05) is 19.1 Å². The molecule has 1 atom stereocenters. The molecule has 0 radical (unpaired) electrons. The second kappa shape index (κ2) is 15.0. The largest absolute Gasteiger partial charge is 0.480 e. The van der Waals surface area contributed by atoms with Gasteiger partial charge in [0, 0.05) is 0 Å². The molecule has 1 saturated carbocycles. The minimum absolute atomic E-state index is 0.0694. The number of carboxylic acid groups (broad SMARTS) is 2. The van der Waals surface area contributed by atoms with Crippen LogP contribution in [0.5, 0.6) is 0 Å². The highest BCUT2D eigenvalue weighted by Crippen LogP contribution is 2.37. The lowest BCUT2D eigenvalue weighted by atomic mass is 9.77. The summed E-state index contributed by atoms with van der Waals surface area (Å²) in [6.07, 6.45) is 10.7. The zero-order chi connectivity index (χ0) is 28.3. The fourth-order valence-electron chi connectivity index (χ4n) is 4.79. The molecule has 0 aromatic heterocycles. The van der Waals surface area contributed by atoms with Gasteiger partial charge in [0.2, 0.25) is 10.0 Å². The summed E-state index contributed by atoms with van der Waals surface area (Å²) in [5, 5.41) is 17.9. The van der Waals surface area contributed by atoms with Gasteiger partial charge in [-0.3, -0.25) is 4.79 Å². The van der Waals surface area contributed by atoms with Crippen molar-refractivity contribution >= 4 is 22.0 Å². The topological polar surface area (TPSA) is 121 Å². The number of aromatic carboxylic acids is 1. The maximum atomic E-state index is 12.0. The van der Waals surface area contributed by atoms with E-state index in [0.717, 1.165) is 11.5 Å². The first kappa shape index (κ1) is 31.5. The molecule has 2 aromatic carbocycles. The summed E-state index contributed by atoms with van der Waals surface area (Å²) in [5.74, 6) is -0.782. The molecule has 1 aliphatic rings. The normalized spacial score (nSPS) is 18.3. The molecular formula is C30H43NO6S. The molecule has 0 bridgehead atoms. The van der Waals surface area contributed by atoms with Crippen molar-refractivity contribution in [3.05, 3.63) is 65.2 Å². The van der Waals surface area contributed by atoms with Gasteiger partial charge in [-0.15, -0.1) is 0 Å². The zero-order valence-corrected chi connectivity index (χ0v) is 23.8. The molecule has 0 saturated heterocycles. The van der Waals surface area contributed by atoms with Gasteiger partial charge in [0.05, 0.1) is 10.5 Å². The number of rotatable bonds is 11. The molecule has 0 spiro atoms. The Balaban J connectivity index is 0.000000269. The summed E-state index contributed by atoms with van der Waals surface area (Å²) < 4.78 is 26.2. The molecule has 38 heavy (non-hydrogen) atoms. The molecule has 0 amide bonds. The lowest BCUT2D eigenvalue weighted by molar-refractivity contribution is -0.140. The highest BCUT2D eigenvalue weighted by Gasteiger charge is 2.28. The molecule has 0 aliphatic heterocycles. The van der Waals surface area contributed by atoms with Crippen molar-refractivity contribution in [2.24, 2.45) is 11.8 Å². The Kier molecular flexibility index (Phi) is 12.5. The molecule has 0 heterocycles. The van der Waals surface area contributed by atoms with Crippen molar-refractivity contribution in [3.63, 3.8) is 0 Å². The molecule has 1 aliphatic carbocycles. The average Bonchev–Trinajstić information content (AvgIpc) is 2.88. The Bertz CT molecular complexity index is 1120. The predicted molar refractivity (Wildman–Crippen MR) is 150 cm³/mol. The maximum Gasteiger partial charge on any atom is 0.335 e. The Morgan fingerprint density at radius 2 is 1.50 bits per heavy atom. The highest BCUT2D eigenvalue weighted by molar-refractivity contribution is 7.89. The Morgan fingerprint density at radius 3 is 1.97 bits per heavy atom. The zero-order valence-electron chi connectivity index (χ0n) is 23.0. The second-order valence-electron chi connectivity index (χ2n) is 10.6. The monoisotopic (exact) mass is 545 g/mol. The van der Waals surface area contributed by atoms with Crippen LogP contribution in [0.4, 0.5) is 0 Å². The third kappa shape index (κ3) is 9.87. The van der Waals surface area contributed by atoms with E-state index >= 15 is 0 Å². The third-order valence-electron chi connectivity index (χ3n) is 7.24. The number of unbranched alkanes of at least 4 members (excludes halogenated alkanes) is 2. The Hall–Kier alpha value is -2.71. The van der Waals surface area contributed by atoms with Crippen molar-refractivity contribution in [2.45, 2.75) is 95.9 Å². The maximum absolute atomic E-state index is 12.0. The van der Waals surface area contributed by atoms with Gasteiger partial charge < -0.3 is 10.2 Å².